The molecule has 1 N–H and O–H groups in total. The van der Waals surface area contributed by atoms with Gasteiger partial charge in [-0.2, -0.15) is 0 Å². The van der Waals surface area contributed by atoms with Crippen molar-refractivity contribution in [1.29, 1.82) is 0 Å². The van der Waals surface area contributed by atoms with Crippen molar-refractivity contribution in [3.05, 3.63) is 33.8 Å². The van der Waals surface area contributed by atoms with E-state index in [1.54, 1.807) is 39.0 Å². The number of carbonyl (C=O) groups is 2. The number of benzene rings is 1. The molecule has 1 rings (SSSR count). The molecule has 0 saturated carbocycles. The summed E-state index contributed by atoms with van der Waals surface area (Å²) in [6, 6.07) is 5.09. The molecule has 0 saturated heterocycles. The Hall–Kier alpha value is -1.11. The van der Waals surface area contributed by atoms with Gasteiger partial charge < -0.3 is 14.8 Å². The van der Waals surface area contributed by atoms with Crippen LogP contribution in [0.25, 0.3) is 0 Å². The van der Waals surface area contributed by atoms with Crippen molar-refractivity contribution in [2.24, 2.45) is 0 Å². The van der Waals surface area contributed by atoms with Crippen molar-refractivity contribution in [3.63, 3.8) is 0 Å². The fourth-order valence-corrected chi connectivity index (χ4v) is 2.67. The maximum Gasteiger partial charge on any atom is 0.407 e. The van der Waals surface area contributed by atoms with Crippen LogP contribution in [0.2, 0.25) is 10.0 Å². The molecule has 0 radical (unpaired) electrons. The molecule has 1 aromatic carbocycles. The van der Waals surface area contributed by atoms with Gasteiger partial charge in [-0.3, -0.25) is 0 Å². The molecule has 0 spiro atoms. The Balaban J connectivity index is 2.21. The molecular formula is C15H19Cl2NO4S. The summed E-state index contributed by atoms with van der Waals surface area (Å²) in [7, 11) is 0. The van der Waals surface area contributed by atoms with Crippen molar-refractivity contribution >= 4 is 46.4 Å². The normalized spacial score (nSPS) is 11.0. The van der Waals surface area contributed by atoms with E-state index >= 15 is 0 Å². The minimum absolute atomic E-state index is 0.0689. The Morgan fingerprint density at radius 3 is 2.57 bits per heavy atom. The minimum Gasteiger partial charge on any atom is -0.456 e. The van der Waals surface area contributed by atoms with Crippen LogP contribution < -0.4 is 5.32 Å². The Morgan fingerprint density at radius 2 is 1.96 bits per heavy atom. The summed E-state index contributed by atoms with van der Waals surface area (Å²) in [6.45, 7) is 5.56. The van der Waals surface area contributed by atoms with Crippen molar-refractivity contribution in [1.82, 2.24) is 5.32 Å². The van der Waals surface area contributed by atoms with Gasteiger partial charge in [0.2, 0.25) is 0 Å². The molecule has 0 atom stereocenters. The lowest BCUT2D eigenvalue weighted by Crippen LogP contribution is -2.34. The molecule has 1 amide bonds. The number of halogens is 2. The van der Waals surface area contributed by atoms with Crippen LogP contribution in [0, 0.1) is 0 Å². The summed E-state index contributed by atoms with van der Waals surface area (Å²) < 4.78 is 10.0. The van der Waals surface area contributed by atoms with Gasteiger partial charge in [-0.15, -0.1) is 0 Å². The summed E-state index contributed by atoms with van der Waals surface area (Å²) in [5, 5.41) is 3.10. The average molecular weight is 380 g/mol. The van der Waals surface area contributed by atoms with Crippen LogP contribution in [-0.2, 0) is 15.2 Å². The third kappa shape index (κ3) is 8.93. The number of carbonyl (C=O) groups excluding carboxylic acids is 2. The van der Waals surface area contributed by atoms with Crippen LogP contribution >= 0.6 is 35.0 Å². The Labute approximate surface area is 150 Å². The smallest absolute Gasteiger partial charge is 0.407 e. The van der Waals surface area contributed by atoms with Crippen molar-refractivity contribution < 1.29 is 19.1 Å². The minimum atomic E-state index is -0.561. The summed E-state index contributed by atoms with van der Waals surface area (Å²) in [6.07, 6.45) is -0.547. The van der Waals surface area contributed by atoms with Gasteiger partial charge >= 0.3 is 11.4 Å². The van der Waals surface area contributed by atoms with E-state index in [-0.39, 0.29) is 13.2 Å². The number of rotatable bonds is 5. The van der Waals surface area contributed by atoms with Gasteiger partial charge in [-0.25, -0.2) is 9.59 Å². The van der Waals surface area contributed by atoms with Gasteiger partial charge in [0.1, 0.15) is 12.2 Å². The molecule has 0 aliphatic rings. The van der Waals surface area contributed by atoms with E-state index in [4.69, 9.17) is 32.7 Å². The summed E-state index contributed by atoms with van der Waals surface area (Å²) in [4.78, 5) is 23.0. The van der Waals surface area contributed by atoms with Crippen LogP contribution in [0.1, 0.15) is 26.3 Å². The molecule has 0 aliphatic heterocycles. The highest BCUT2D eigenvalue weighted by Gasteiger charge is 2.15. The first-order valence-corrected chi connectivity index (χ1v) is 8.62. The predicted molar refractivity (Wildman–Crippen MR) is 93.3 cm³/mol. The molecule has 23 heavy (non-hydrogen) atoms. The molecular weight excluding hydrogens is 361 g/mol. The molecule has 0 unspecified atom stereocenters. The van der Waals surface area contributed by atoms with E-state index in [2.05, 4.69) is 5.32 Å². The lowest BCUT2D eigenvalue weighted by Gasteiger charge is -2.19. The Kier molecular flexibility index (Phi) is 8.02. The first kappa shape index (κ1) is 19.9. The second-order valence-electron chi connectivity index (χ2n) is 5.55. The highest BCUT2D eigenvalue weighted by molar-refractivity contribution is 8.12. The van der Waals surface area contributed by atoms with Gasteiger partial charge in [0, 0.05) is 15.8 Å². The van der Waals surface area contributed by atoms with Crippen molar-refractivity contribution in [2.75, 3.05) is 13.2 Å². The van der Waals surface area contributed by atoms with Crippen LogP contribution in [0.15, 0.2) is 18.2 Å². The fourth-order valence-electron chi connectivity index (χ4n) is 1.42. The van der Waals surface area contributed by atoms with Gasteiger partial charge in [-0.1, -0.05) is 29.3 Å². The zero-order chi connectivity index (χ0) is 17.5. The average Bonchev–Trinajstić information content (AvgIpc) is 2.40. The van der Waals surface area contributed by atoms with E-state index in [1.807, 2.05) is 0 Å². The van der Waals surface area contributed by atoms with Gasteiger partial charge in [0.15, 0.2) is 0 Å². The number of ether oxygens (including phenoxy) is 2. The number of alkyl carbamates (subject to hydrolysis) is 1. The molecule has 0 aromatic heterocycles. The zero-order valence-electron chi connectivity index (χ0n) is 13.2. The maximum atomic E-state index is 11.6. The SMILES string of the molecule is CC(C)(C)OC(=O)NCCOC(=O)SCc1ccc(Cl)cc1Cl. The maximum absolute atomic E-state index is 11.6. The second kappa shape index (κ2) is 9.25. The Morgan fingerprint density at radius 1 is 1.26 bits per heavy atom. The van der Waals surface area contributed by atoms with Crippen LogP contribution in [-0.4, -0.2) is 30.1 Å². The fraction of sp³-hybridized carbons (Fsp3) is 0.467. The second-order valence-corrected chi connectivity index (χ2v) is 7.31. The lowest BCUT2D eigenvalue weighted by molar-refractivity contribution is 0.0515. The van der Waals surface area contributed by atoms with E-state index in [0.717, 1.165) is 17.3 Å². The van der Waals surface area contributed by atoms with E-state index in [1.165, 1.54) is 0 Å². The molecule has 0 bridgehead atoms. The van der Waals surface area contributed by atoms with Crippen LogP contribution in [0.3, 0.4) is 0 Å². The first-order chi connectivity index (χ1) is 10.7. The zero-order valence-corrected chi connectivity index (χ0v) is 15.5. The summed E-state index contributed by atoms with van der Waals surface area (Å²) in [5.41, 5.74) is 0.235. The highest BCUT2D eigenvalue weighted by atomic mass is 35.5. The van der Waals surface area contributed by atoms with E-state index in [0.29, 0.717) is 15.8 Å². The predicted octanol–water partition coefficient (Wildman–Crippen LogP) is 4.89. The van der Waals surface area contributed by atoms with Crippen molar-refractivity contribution in [2.45, 2.75) is 32.1 Å². The monoisotopic (exact) mass is 379 g/mol. The molecule has 128 valence electrons. The number of amides is 1. The first-order valence-electron chi connectivity index (χ1n) is 6.88. The molecule has 0 aliphatic carbocycles. The molecule has 8 heteroatoms. The summed E-state index contributed by atoms with van der Waals surface area (Å²) in [5.74, 6) is 0.383. The van der Waals surface area contributed by atoms with E-state index < -0.39 is 17.0 Å². The Bertz CT molecular complexity index is 561. The molecule has 0 heterocycles. The number of thioether (sulfide) groups is 1. The molecule has 0 fully saturated rings. The van der Waals surface area contributed by atoms with Crippen LogP contribution in [0.5, 0.6) is 0 Å². The summed E-state index contributed by atoms with van der Waals surface area (Å²) >= 11 is 12.8. The van der Waals surface area contributed by atoms with Gasteiger partial charge in [0.05, 0.1) is 6.54 Å². The third-order valence-electron chi connectivity index (χ3n) is 2.35. The molecule has 5 nitrogen and oxygen atoms in total. The highest BCUT2D eigenvalue weighted by Crippen LogP contribution is 2.25. The third-order valence-corrected chi connectivity index (χ3v) is 3.75. The quantitative estimate of drug-likeness (QED) is 0.582. The molecule has 1 aromatic rings. The van der Waals surface area contributed by atoms with Crippen LogP contribution in [0.4, 0.5) is 9.59 Å². The largest absolute Gasteiger partial charge is 0.456 e. The lowest BCUT2D eigenvalue weighted by atomic mass is 10.2. The van der Waals surface area contributed by atoms with Gasteiger partial charge in [-0.05, 0) is 50.2 Å². The van der Waals surface area contributed by atoms with Crippen molar-refractivity contribution in [3.8, 4) is 0 Å². The topological polar surface area (TPSA) is 64.6 Å². The van der Waals surface area contributed by atoms with Gasteiger partial charge in [0.25, 0.3) is 0 Å². The van der Waals surface area contributed by atoms with E-state index in [9.17, 15) is 9.59 Å². The number of hydrogen-bond donors (Lipinski definition) is 1. The number of nitrogens with one attached hydrogen (secondary N) is 1. The number of hydrogen-bond acceptors (Lipinski definition) is 5. The standard InChI is InChI=1S/C15H19Cl2NO4S/c1-15(2,3)22-13(19)18-6-7-21-14(20)23-9-10-4-5-11(16)8-12(10)17/h4-5,8H,6-7,9H2,1-3H3,(H,18,19).